The fraction of sp³-hybridized carbons (Fsp3) is 0.364. The summed E-state index contributed by atoms with van der Waals surface area (Å²) in [6, 6.07) is 16.6. The first-order valence-electron chi connectivity index (χ1n) is 9.72. The fourth-order valence-electron chi connectivity index (χ4n) is 3.65. The van der Waals surface area contributed by atoms with Crippen molar-refractivity contribution in [3.8, 4) is 11.4 Å². The van der Waals surface area contributed by atoms with Crippen molar-refractivity contribution in [2.75, 3.05) is 45.2 Å². The second kappa shape index (κ2) is 7.64. The van der Waals surface area contributed by atoms with Crippen molar-refractivity contribution in [2.45, 2.75) is 0 Å². The van der Waals surface area contributed by atoms with Crippen LogP contribution in [0.15, 0.2) is 48.5 Å². The van der Waals surface area contributed by atoms with Crippen molar-refractivity contribution < 1.29 is 4.79 Å². The Kier molecular flexibility index (Phi) is 5.05. The number of fused-ring (bicyclic) bond motifs is 1. The number of hydrogen-bond acceptors (Lipinski definition) is 4. The molecule has 0 radical (unpaired) electrons. The van der Waals surface area contributed by atoms with Crippen molar-refractivity contribution in [1.29, 1.82) is 0 Å². The van der Waals surface area contributed by atoms with E-state index in [1.165, 1.54) is 0 Å². The number of imidazole rings is 1. The first-order chi connectivity index (χ1) is 13.5. The third kappa shape index (κ3) is 3.60. The average Bonchev–Trinajstić information content (AvgIpc) is 2.98. The van der Waals surface area contributed by atoms with Gasteiger partial charge in [-0.15, -0.1) is 0 Å². The maximum absolute atomic E-state index is 12.2. The van der Waals surface area contributed by atoms with E-state index in [0.29, 0.717) is 6.54 Å². The summed E-state index contributed by atoms with van der Waals surface area (Å²) >= 11 is 0. The highest BCUT2D eigenvalue weighted by Gasteiger charge is 2.32. The molecule has 146 valence electrons. The van der Waals surface area contributed by atoms with E-state index in [2.05, 4.69) is 57.1 Å². The van der Waals surface area contributed by atoms with Crippen LogP contribution in [-0.2, 0) is 11.8 Å². The molecule has 0 bridgehead atoms. The largest absolute Gasteiger partial charge is 0.370 e. The maximum atomic E-state index is 12.2. The molecule has 1 amide bonds. The molecule has 4 rings (SSSR count). The van der Waals surface area contributed by atoms with E-state index in [1.54, 1.807) is 0 Å². The van der Waals surface area contributed by atoms with Gasteiger partial charge in [0.1, 0.15) is 5.82 Å². The molecular weight excluding hydrogens is 350 g/mol. The molecule has 1 aromatic heterocycles. The lowest BCUT2D eigenvalue weighted by molar-refractivity contribution is -0.125. The lowest BCUT2D eigenvalue weighted by Gasteiger charge is -2.40. The molecule has 28 heavy (non-hydrogen) atoms. The van der Waals surface area contributed by atoms with Crippen LogP contribution in [0.2, 0.25) is 0 Å². The second-order valence-electron chi connectivity index (χ2n) is 7.73. The lowest BCUT2D eigenvalue weighted by atomic mass is 9.97. The van der Waals surface area contributed by atoms with Crippen molar-refractivity contribution >= 4 is 22.6 Å². The number of aromatic nitrogens is 2. The summed E-state index contributed by atoms with van der Waals surface area (Å²) in [7, 11) is 6.07. The van der Waals surface area contributed by atoms with Gasteiger partial charge in [0.25, 0.3) is 0 Å². The summed E-state index contributed by atoms with van der Waals surface area (Å²) in [6.07, 6.45) is 0. The van der Waals surface area contributed by atoms with Crippen LogP contribution in [0.3, 0.4) is 0 Å². The van der Waals surface area contributed by atoms with Gasteiger partial charge in [0.2, 0.25) is 5.91 Å². The second-order valence-corrected chi connectivity index (χ2v) is 7.73. The SMILES string of the molecule is CN(C)CCNC(=O)C1CN(c2cccc(-c3nc4ccccc4n3C)c2)C1. The number of anilines is 1. The summed E-state index contributed by atoms with van der Waals surface area (Å²) < 4.78 is 2.13. The minimum Gasteiger partial charge on any atom is -0.370 e. The molecule has 6 nitrogen and oxygen atoms in total. The van der Waals surface area contributed by atoms with Crippen molar-refractivity contribution in [1.82, 2.24) is 19.8 Å². The fourth-order valence-corrected chi connectivity index (χ4v) is 3.65. The molecule has 2 aromatic carbocycles. The minimum absolute atomic E-state index is 0.0709. The van der Waals surface area contributed by atoms with Gasteiger partial charge in [0.15, 0.2) is 0 Å². The van der Waals surface area contributed by atoms with Gasteiger partial charge in [-0.1, -0.05) is 24.3 Å². The van der Waals surface area contributed by atoms with Gasteiger partial charge in [-0.25, -0.2) is 4.98 Å². The van der Waals surface area contributed by atoms with Gasteiger partial charge < -0.3 is 19.7 Å². The number of amides is 1. The Balaban J connectivity index is 1.44. The van der Waals surface area contributed by atoms with E-state index in [0.717, 1.165) is 47.7 Å². The zero-order chi connectivity index (χ0) is 19.7. The molecular formula is C22H27N5O. The number of aryl methyl sites for hydroxylation is 1. The predicted molar refractivity (Wildman–Crippen MR) is 113 cm³/mol. The van der Waals surface area contributed by atoms with Crippen LogP contribution in [0.1, 0.15) is 0 Å². The summed E-state index contributed by atoms with van der Waals surface area (Å²) in [6.45, 7) is 3.09. The number of rotatable bonds is 6. The van der Waals surface area contributed by atoms with Crippen LogP contribution in [0.5, 0.6) is 0 Å². The Labute approximate surface area is 165 Å². The number of carbonyl (C=O) groups is 1. The zero-order valence-corrected chi connectivity index (χ0v) is 16.7. The molecule has 0 unspecified atom stereocenters. The predicted octanol–water partition coefficient (Wildman–Crippen LogP) is 2.35. The molecule has 6 heteroatoms. The Hall–Kier alpha value is -2.86. The standard InChI is InChI=1S/C22H27N5O/c1-25(2)12-11-23-22(28)17-14-27(15-17)18-8-6-7-16(13-18)21-24-19-9-4-5-10-20(19)26(21)3/h4-10,13,17H,11-12,14-15H2,1-3H3,(H,23,28). The van der Waals surface area contributed by atoms with Gasteiger partial charge in [-0.3, -0.25) is 4.79 Å². The van der Waals surface area contributed by atoms with Gasteiger partial charge in [0, 0.05) is 44.5 Å². The highest BCUT2D eigenvalue weighted by Crippen LogP contribution is 2.30. The maximum Gasteiger partial charge on any atom is 0.226 e. The van der Waals surface area contributed by atoms with E-state index in [-0.39, 0.29) is 11.8 Å². The van der Waals surface area contributed by atoms with Crippen LogP contribution in [0.4, 0.5) is 5.69 Å². The van der Waals surface area contributed by atoms with Crippen molar-refractivity contribution in [3.05, 3.63) is 48.5 Å². The number of likely N-dealkylation sites (N-methyl/N-ethyl adjacent to an activating group) is 1. The normalized spacial score (nSPS) is 14.5. The Morgan fingerprint density at radius 1 is 1.18 bits per heavy atom. The van der Waals surface area contributed by atoms with Crippen LogP contribution in [0, 0.1) is 5.92 Å². The van der Waals surface area contributed by atoms with Crippen LogP contribution < -0.4 is 10.2 Å². The Morgan fingerprint density at radius 2 is 1.96 bits per heavy atom. The van der Waals surface area contributed by atoms with E-state index >= 15 is 0 Å². The summed E-state index contributed by atoms with van der Waals surface area (Å²) in [5.41, 5.74) is 4.36. The molecule has 0 aliphatic carbocycles. The van der Waals surface area contributed by atoms with Crippen LogP contribution >= 0.6 is 0 Å². The monoisotopic (exact) mass is 377 g/mol. The smallest absolute Gasteiger partial charge is 0.226 e. The Morgan fingerprint density at radius 3 is 2.71 bits per heavy atom. The van der Waals surface area contributed by atoms with Crippen molar-refractivity contribution in [3.63, 3.8) is 0 Å². The minimum atomic E-state index is 0.0709. The van der Waals surface area contributed by atoms with E-state index in [4.69, 9.17) is 4.98 Å². The van der Waals surface area contributed by atoms with Gasteiger partial charge in [0.05, 0.1) is 17.0 Å². The van der Waals surface area contributed by atoms with E-state index < -0.39 is 0 Å². The zero-order valence-electron chi connectivity index (χ0n) is 16.7. The molecule has 1 aliphatic heterocycles. The van der Waals surface area contributed by atoms with Gasteiger partial charge >= 0.3 is 0 Å². The van der Waals surface area contributed by atoms with E-state index in [9.17, 15) is 4.79 Å². The van der Waals surface area contributed by atoms with E-state index in [1.807, 2.05) is 32.3 Å². The topological polar surface area (TPSA) is 53.4 Å². The molecule has 2 heterocycles. The highest BCUT2D eigenvalue weighted by atomic mass is 16.2. The first kappa shape index (κ1) is 18.5. The lowest BCUT2D eigenvalue weighted by Crippen LogP contribution is -2.54. The number of hydrogen-bond donors (Lipinski definition) is 1. The first-order valence-corrected chi connectivity index (χ1v) is 9.72. The molecule has 1 aliphatic rings. The van der Waals surface area contributed by atoms with Gasteiger partial charge in [-0.2, -0.15) is 0 Å². The molecule has 0 spiro atoms. The van der Waals surface area contributed by atoms with Gasteiger partial charge in [-0.05, 0) is 38.4 Å². The molecule has 3 aromatic rings. The number of benzene rings is 2. The molecule has 1 fully saturated rings. The Bertz CT molecular complexity index is 988. The summed E-state index contributed by atoms with van der Waals surface area (Å²) in [5.74, 6) is 1.19. The number of nitrogens with zero attached hydrogens (tertiary/aromatic N) is 4. The third-order valence-corrected chi connectivity index (χ3v) is 5.37. The quantitative estimate of drug-likeness (QED) is 0.717. The highest BCUT2D eigenvalue weighted by molar-refractivity contribution is 5.83. The molecule has 0 saturated carbocycles. The molecule has 1 saturated heterocycles. The molecule has 0 atom stereocenters. The number of nitrogens with one attached hydrogen (secondary N) is 1. The number of para-hydroxylation sites is 2. The van der Waals surface area contributed by atoms with Crippen LogP contribution in [0.25, 0.3) is 22.4 Å². The summed E-state index contributed by atoms with van der Waals surface area (Å²) in [4.78, 5) is 21.4. The molecule has 1 N–H and O–H groups in total. The average molecular weight is 377 g/mol. The third-order valence-electron chi connectivity index (χ3n) is 5.37. The van der Waals surface area contributed by atoms with Crippen LogP contribution in [-0.4, -0.2) is 60.6 Å². The number of carbonyl (C=O) groups excluding carboxylic acids is 1. The summed E-state index contributed by atoms with van der Waals surface area (Å²) in [5, 5.41) is 3.03. The van der Waals surface area contributed by atoms with Crippen molar-refractivity contribution in [2.24, 2.45) is 13.0 Å².